The van der Waals surface area contributed by atoms with Gasteiger partial charge in [-0.05, 0) is 39.0 Å². The standard InChI is InChI=1S/C18H27ClN5S.CH4O4S/c1-7-23(10-11-24(4,5)6)15-8-9-17(16(19)12-15)21-22-18-20-13(2)14(3)25-18;1-5-6(2,3)4/h8-9,12H,7,10-11H2,1-6H3;1H3,(H,2,3,4)/q+1;/p-1. The zero-order chi connectivity index (χ0) is 23.8. The fraction of sp³-hybridized carbons (Fsp3) is 0.526. The van der Waals surface area contributed by atoms with Crippen molar-refractivity contribution in [2.75, 3.05) is 52.8 Å². The zero-order valence-corrected chi connectivity index (χ0v) is 21.3. The van der Waals surface area contributed by atoms with Gasteiger partial charge in [0.1, 0.15) is 5.69 Å². The summed E-state index contributed by atoms with van der Waals surface area (Å²) in [6, 6.07) is 5.94. The first-order valence-electron chi connectivity index (χ1n) is 9.48. The van der Waals surface area contributed by atoms with Gasteiger partial charge < -0.3 is 13.9 Å². The fourth-order valence-corrected chi connectivity index (χ4v) is 3.20. The molecule has 0 aliphatic heterocycles. The summed E-state index contributed by atoms with van der Waals surface area (Å²) in [5.41, 5.74) is 2.77. The van der Waals surface area contributed by atoms with E-state index in [0.717, 1.165) is 47.5 Å². The minimum absolute atomic E-state index is 0.606. The number of benzene rings is 1. The number of hydrogen-bond donors (Lipinski definition) is 0. The molecule has 9 nitrogen and oxygen atoms in total. The third-order valence-electron chi connectivity index (χ3n) is 4.18. The molecule has 1 aromatic heterocycles. The third kappa shape index (κ3) is 10.5. The quantitative estimate of drug-likeness (QED) is 0.233. The Morgan fingerprint density at radius 2 is 1.87 bits per heavy atom. The van der Waals surface area contributed by atoms with Crippen LogP contribution in [-0.4, -0.2) is 70.3 Å². The predicted molar refractivity (Wildman–Crippen MR) is 125 cm³/mol. The van der Waals surface area contributed by atoms with Crippen molar-refractivity contribution < 1.29 is 21.6 Å². The molecular formula is C19H30ClN5O4S2. The van der Waals surface area contributed by atoms with Crippen molar-refractivity contribution in [3.05, 3.63) is 33.8 Å². The van der Waals surface area contributed by atoms with Gasteiger partial charge in [0.2, 0.25) is 15.5 Å². The van der Waals surface area contributed by atoms with Crippen LogP contribution in [-0.2, 0) is 14.6 Å². The van der Waals surface area contributed by atoms with Gasteiger partial charge >= 0.3 is 0 Å². The maximum atomic E-state index is 9.22. The van der Waals surface area contributed by atoms with E-state index in [1.807, 2.05) is 26.0 Å². The van der Waals surface area contributed by atoms with Crippen LogP contribution in [0.4, 0.5) is 16.5 Å². The Morgan fingerprint density at radius 3 is 2.29 bits per heavy atom. The molecule has 2 aromatic rings. The van der Waals surface area contributed by atoms with Gasteiger partial charge in [-0.2, -0.15) is 0 Å². The van der Waals surface area contributed by atoms with Crippen molar-refractivity contribution in [1.29, 1.82) is 0 Å². The van der Waals surface area contributed by atoms with Gasteiger partial charge in [-0.15, -0.1) is 10.2 Å². The largest absolute Gasteiger partial charge is 0.726 e. The molecule has 0 atom stereocenters. The summed E-state index contributed by atoms with van der Waals surface area (Å²) in [6.07, 6.45) is 0. The first-order chi connectivity index (χ1) is 14.3. The van der Waals surface area contributed by atoms with E-state index in [1.54, 1.807) is 0 Å². The molecule has 174 valence electrons. The summed E-state index contributed by atoms with van der Waals surface area (Å²) in [7, 11) is 3.00. The van der Waals surface area contributed by atoms with Crippen molar-refractivity contribution in [2.45, 2.75) is 20.8 Å². The average molecular weight is 492 g/mol. The Labute approximate surface area is 193 Å². The lowest BCUT2D eigenvalue weighted by molar-refractivity contribution is -0.868. The van der Waals surface area contributed by atoms with Gasteiger partial charge in [0.15, 0.2) is 0 Å². The van der Waals surface area contributed by atoms with Crippen LogP contribution in [0.5, 0.6) is 0 Å². The second-order valence-electron chi connectivity index (χ2n) is 7.64. The topological polar surface area (TPSA) is 107 Å². The van der Waals surface area contributed by atoms with Gasteiger partial charge in [-0.3, -0.25) is 4.18 Å². The maximum absolute atomic E-state index is 9.22. The zero-order valence-electron chi connectivity index (χ0n) is 18.9. The van der Waals surface area contributed by atoms with E-state index < -0.39 is 10.4 Å². The van der Waals surface area contributed by atoms with Crippen LogP contribution >= 0.6 is 22.9 Å². The Kier molecular flexibility index (Phi) is 10.5. The summed E-state index contributed by atoms with van der Waals surface area (Å²) >= 11 is 7.96. The number of halogens is 1. The van der Waals surface area contributed by atoms with E-state index in [-0.39, 0.29) is 0 Å². The number of thiazole rings is 1. The van der Waals surface area contributed by atoms with Crippen LogP contribution in [0.1, 0.15) is 17.5 Å². The summed E-state index contributed by atoms with van der Waals surface area (Å²) < 4.78 is 32.0. The number of nitrogens with zero attached hydrogens (tertiary/aromatic N) is 5. The number of azo groups is 1. The van der Waals surface area contributed by atoms with Gasteiger partial charge in [0.05, 0.1) is 52.1 Å². The number of aromatic nitrogens is 1. The normalized spacial score (nSPS) is 12.0. The predicted octanol–water partition coefficient (Wildman–Crippen LogP) is 4.45. The van der Waals surface area contributed by atoms with E-state index in [1.165, 1.54) is 11.3 Å². The maximum Gasteiger partial charge on any atom is 0.230 e. The Balaban J connectivity index is 0.000000703. The van der Waals surface area contributed by atoms with Gasteiger partial charge in [-0.25, -0.2) is 13.4 Å². The summed E-state index contributed by atoms with van der Waals surface area (Å²) in [5.74, 6) is 0. The number of quaternary nitrogens is 1. The lowest BCUT2D eigenvalue weighted by atomic mass is 10.2. The van der Waals surface area contributed by atoms with Crippen LogP contribution < -0.4 is 4.90 Å². The monoisotopic (exact) mass is 491 g/mol. The van der Waals surface area contributed by atoms with E-state index in [0.29, 0.717) is 15.8 Å². The molecule has 0 radical (unpaired) electrons. The molecule has 0 fully saturated rings. The number of likely N-dealkylation sites (N-methyl/N-ethyl adjacent to an activating group) is 2. The first kappa shape index (κ1) is 27.4. The Bertz CT molecular complexity index is 968. The SMILES string of the molecule is CCN(CC[N+](C)(C)C)c1ccc(N=Nc2nc(C)c(C)s2)c(Cl)c1.COS(=O)(=O)[O-]. The summed E-state index contributed by atoms with van der Waals surface area (Å²) in [6.45, 7) is 9.15. The van der Waals surface area contributed by atoms with Crippen molar-refractivity contribution in [3.8, 4) is 0 Å². The number of hydrogen-bond acceptors (Lipinski definition) is 9. The number of aryl methyl sites for hydroxylation is 2. The van der Waals surface area contributed by atoms with E-state index in [9.17, 15) is 13.0 Å². The first-order valence-corrected chi connectivity index (χ1v) is 12.0. The fourth-order valence-electron chi connectivity index (χ4n) is 2.26. The van der Waals surface area contributed by atoms with Crippen LogP contribution in [0, 0.1) is 13.8 Å². The molecule has 1 heterocycles. The van der Waals surface area contributed by atoms with Crippen LogP contribution in [0.3, 0.4) is 0 Å². The second-order valence-corrected chi connectivity index (χ2v) is 10.4. The third-order valence-corrected chi connectivity index (χ3v) is 5.85. The molecule has 31 heavy (non-hydrogen) atoms. The van der Waals surface area contributed by atoms with Gasteiger partial charge in [-0.1, -0.05) is 22.9 Å². The minimum Gasteiger partial charge on any atom is -0.726 e. The minimum atomic E-state index is -4.41. The van der Waals surface area contributed by atoms with Crippen molar-refractivity contribution in [1.82, 2.24) is 4.98 Å². The van der Waals surface area contributed by atoms with Gasteiger partial charge in [0.25, 0.3) is 0 Å². The molecule has 0 saturated carbocycles. The Morgan fingerprint density at radius 1 is 1.26 bits per heavy atom. The molecule has 0 unspecified atom stereocenters. The molecular weight excluding hydrogens is 462 g/mol. The molecule has 0 spiro atoms. The van der Waals surface area contributed by atoms with Crippen molar-refractivity contribution in [2.24, 2.45) is 10.2 Å². The highest BCUT2D eigenvalue weighted by atomic mass is 35.5. The van der Waals surface area contributed by atoms with E-state index >= 15 is 0 Å². The smallest absolute Gasteiger partial charge is 0.230 e. The van der Waals surface area contributed by atoms with E-state index in [4.69, 9.17) is 11.6 Å². The van der Waals surface area contributed by atoms with Crippen molar-refractivity contribution >= 4 is 49.8 Å². The number of rotatable bonds is 8. The Hall–Kier alpha value is -1.63. The van der Waals surface area contributed by atoms with Gasteiger partial charge in [0, 0.05) is 17.1 Å². The molecule has 0 aliphatic rings. The lowest BCUT2D eigenvalue weighted by Crippen LogP contribution is -2.42. The van der Waals surface area contributed by atoms with Crippen LogP contribution in [0.15, 0.2) is 28.4 Å². The summed E-state index contributed by atoms with van der Waals surface area (Å²) in [5, 5.41) is 9.74. The molecule has 0 N–H and O–H groups in total. The molecule has 12 heteroatoms. The molecule has 2 rings (SSSR count). The molecule has 0 aliphatic carbocycles. The van der Waals surface area contributed by atoms with E-state index in [2.05, 4.69) is 58.4 Å². The molecule has 1 aromatic carbocycles. The molecule has 0 bridgehead atoms. The highest BCUT2D eigenvalue weighted by Crippen LogP contribution is 2.32. The van der Waals surface area contributed by atoms with Crippen LogP contribution in [0.25, 0.3) is 0 Å². The molecule has 0 amide bonds. The second kappa shape index (κ2) is 11.8. The van der Waals surface area contributed by atoms with Crippen molar-refractivity contribution in [3.63, 3.8) is 0 Å². The highest BCUT2D eigenvalue weighted by Gasteiger charge is 2.13. The summed E-state index contributed by atoms with van der Waals surface area (Å²) in [4.78, 5) is 7.85. The number of anilines is 1. The lowest BCUT2D eigenvalue weighted by Gasteiger charge is -2.29. The highest BCUT2D eigenvalue weighted by molar-refractivity contribution is 7.80. The average Bonchev–Trinajstić information content (AvgIpc) is 2.98. The molecule has 0 saturated heterocycles. The van der Waals surface area contributed by atoms with Crippen LogP contribution in [0.2, 0.25) is 5.02 Å².